The lowest BCUT2D eigenvalue weighted by molar-refractivity contribution is 0.0699. The van der Waals surface area contributed by atoms with E-state index >= 15 is 0 Å². The number of nitrogens with zero attached hydrogens (tertiary/aromatic N) is 1. The van der Waals surface area contributed by atoms with E-state index in [4.69, 9.17) is 0 Å². The number of rotatable bonds is 2. The summed E-state index contributed by atoms with van der Waals surface area (Å²) in [6, 6.07) is 12.5. The molecule has 114 valence electrons. The summed E-state index contributed by atoms with van der Waals surface area (Å²) in [5.41, 5.74) is 1.38. The van der Waals surface area contributed by atoms with Crippen molar-refractivity contribution < 1.29 is 15.0 Å². The molecule has 2 N–H and O–H groups in total. The van der Waals surface area contributed by atoms with Crippen molar-refractivity contribution in [3.63, 3.8) is 0 Å². The number of pyridine rings is 1. The Labute approximate surface area is 131 Å². The molecule has 0 bridgehead atoms. The molecule has 0 aliphatic rings. The predicted octanol–water partition coefficient (Wildman–Crippen LogP) is 2.97. The summed E-state index contributed by atoms with van der Waals surface area (Å²) in [6.07, 6.45) is 0. The molecule has 0 saturated heterocycles. The highest BCUT2D eigenvalue weighted by Gasteiger charge is 2.15. The van der Waals surface area contributed by atoms with Crippen LogP contribution in [0.1, 0.15) is 15.9 Å². The number of hydrogen-bond donors (Lipinski definition) is 2. The Hall–Kier alpha value is -3.21. The average molecular weight is 307 g/mol. The number of hydrogen-bond acceptors (Lipinski definition) is 4. The SMILES string of the molecule is Cc1ccc2nc(-c3ccccc(=O)c3O)cc(C(=O)O)c2c1. The molecule has 0 unspecified atom stereocenters. The molecule has 3 aromatic rings. The van der Waals surface area contributed by atoms with Crippen molar-refractivity contribution >= 4 is 16.9 Å². The second-order valence-electron chi connectivity index (χ2n) is 5.23. The van der Waals surface area contributed by atoms with Gasteiger partial charge in [0.05, 0.1) is 16.8 Å². The number of aryl methyl sites for hydroxylation is 1. The maximum Gasteiger partial charge on any atom is 0.336 e. The summed E-state index contributed by atoms with van der Waals surface area (Å²) >= 11 is 0. The highest BCUT2D eigenvalue weighted by atomic mass is 16.4. The molecule has 5 heteroatoms. The van der Waals surface area contributed by atoms with Crippen LogP contribution in [0, 0.1) is 6.92 Å². The van der Waals surface area contributed by atoms with E-state index in [0.717, 1.165) is 5.56 Å². The third-order valence-electron chi connectivity index (χ3n) is 3.58. The molecular weight excluding hydrogens is 294 g/mol. The topological polar surface area (TPSA) is 87.5 Å². The van der Waals surface area contributed by atoms with Gasteiger partial charge in [-0.05, 0) is 37.3 Å². The highest BCUT2D eigenvalue weighted by molar-refractivity contribution is 6.04. The molecule has 0 radical (unpaired) electrons. The highest BCUT2D eigenvalue weighted by Crippen LogP contribution is 2.28. The first-order valence-electron chi connectivity index (χ1n) is 6.95. The van der Waals surface area contributed by atoms with Gasteiger partial charge in [-0.1, -0.05) is 23.8 Å². The average Bonchev–Trinajstić information content (AvgIpc) is 2.68. The predicted molar refractivity (Wildman–Crippen MR) is 86.8 cm³/mol. The van der Waals surface area contributed by atoms with E-state index in [1.165, 1.54) is 24.3 Å². The lowest BCUT2D eigenvalue weighted by Gasteiger charge is -2.08. The van der Waals surface area contributed by atoms with Crippen LogP contribution in [0.3, 0.4) is 0 Å². The Morgan fingerprint density at radius 2 is 1.83 bits per heavy atom. The smallest absolute Gasteiger partial charge is 0.336 e. The van der Waals surface area contributed by atoms with Gasteiger partial charge in [0.1, 0.15) is 0 Å². The second kappa shape index (κ2) is 5.53. The van der Waals surface area contributed by atoms with Crippen LogP contribution in [-0.2, 0) is 0 Å². The molecule has 0 atom stereocenters. The summed E-state index contributed by atoms with van der Waals surface area (Å²) in [5, 5.41) is 20.0. The molecule has 2 aromatic carbocycles. The molecule has 0 amide bonds. The van der Waals surface area contributed by atoms with Crippen molar-refractivity contribution in [1.29, 1.82) is 0 Å². The molecular formula is C18H13NO4. The van der Waals surface area contributed by atoms with Crippen molar-refractivity contribution in [2.45, 2.75) is 6.92 Å². The molecule has 1 heterocycles. The van der Waals surface area contributed by atoms with E-state index in [0.29, 0.717) is 10.9 Å². The van der Waals surface area contributed by atoms with Gasteiger partial charge in [0.2, 0.25) is 5.43 Å². The van der Waals surface area contributed by atoms with Gasteiger partial charge in [0.25, 0.3) is 0 Å². The Morgan fingerprint density at radius 3 is 2.57 bits per heavy atom. The maximum atomic E-state index is 11.7. The normalized spacial score (nSPS) is 10.7. The van der Waals surface area contributed by atoms with Crippen LogP contribution in [0.2, 0.25) is 0 Å². The molecule has 0 spiro atoms. The van der Waals surface area contributed by atoms with E-state index in [-0.39, 0.29) is 16.8 Å². The summed E-state index contributed by atoms with van der Waals surface area (Å²) < 4.78 is 0. The minimum absolute atomic E-state index is 0.0760. The fourth-order valence-electron chi connectivity index (χ4n) is 2.45. The van der Waals surface area contributed by atoms with Crippen LogP contribution in [0.15, 0.2) is 53.3 Å². The fraction of sp³-hybridized carbons (Fsp3) is 0.0556. The van der Waals surface area contributed by atoms with Gasteiger partial charge >= 0.3 is 5.97 Å². The van der Waals surface area contributed by atoms with Crippen molar-refractivity contribution in [2.75, 3.05) is 0 Å². The van der Waals surface area contributed by atoms with Gasteiger partial charge < -0.3 is 10.2 Å². The summed E-state index contributed by atoms with van der Waals surface area (Å²) in [4.78, 5) is 27.7. The van der Waals surface area contributed by atoms with Gasteiger partial charge in [-0.2, -0.15) is 0 Å². The van der Waals surface area contributed by atoms with Crippen molar-refractivity contribution in [3.8, 4) is 17.0 Å². The number of benzene rings is 1. The van der Waals surface area contributed by atoms with Gasteiger partial charge in [0, 0.05) is 10.9 Å². The van der Waals surface area contributed by atoms with Crippen LogP contribution >= 0.6 is 0 Å². The number of carbonyl (C=O) groups is 1. The van der Waals surface area contributed by atoms with Crippen LogP contribution < -0.4 is 5.43 Å². The Morgan fingerprint density at radius 1 is 1.09 bits per heavy atom. The Bertz CT molecular complexity index is 996. The number of aromatic carboxylic acids is 1. The zero-order chi connectivity index (χ0) is 16.6. The third kappa shape index (κ3) is 2.64. The summed E-state index contributed by atoms with van der Waals surface area (Å²) in [5.74, 6) is -1.54. The Balaban J connectivity index is 2.39. The molecule has 0 aliphatic carbocycles. The number of fused-ring (bicyclic) bond motifs is 1. The molecule has 0 fully saturated rings. The zero-order valence-electron chi connectivity index (χ0n) is 12.3. The van der Waals surface area contributed by atoms with Crippen molar-refractivity contribution in [3.05, 3.63) is 69.9 Å². The summed E-state index contributed by atoms with van der Waals surface area (Å²) in [7, 11) is 0. The molecule has 0 aliphatic heterocycles. The van der Waals surface area contributed by atoms with Crippen molar-refractivity contribution in [1.82, 2.24) is 4.98 Å². The van der Waals surface area contributed by atoms with Crippen LogP contribution in [0.5, 0.6) is 5.75 Å². The van der Waals surface area contributed by atoms with Crippen molar-refractivity contribution in [2.24, 2.45) is 0 Å². The first-order chi connectivity index (χ1) is 11.0. The fourth-order valence-corrected chi connectivity index (χ4v) is 2.45. The molecule has 23 heavy (non-hydrogen) atoms. The van der Waals surface area contributed by atoms with Gasteiger partial charge in [-0.15, -0.1) is 0 Å². The maximum absolute atomic E-state index is 11.7. The lowest BCUT2D eigenvalue weighted by atomic mass is 10.0. The first-order valence-corrected chi connectivity index (χ1v) is 6.95. The summed E-state index contributed by atoms with van der Waals surface area (Å²) in [6.45, 7) is 1.87. The third-order valence-corrected chi connectivity index (χ3v) is 3.58. The Kier molecular flexibility index (Phi) is 3.54. The first kappa shape index (κ1) is 14.7. The largest absolute Gasteiger partial charge is 0.504 e. The van der Waals surface area contributed by atoms with E-state index in [2.05, 4.69) is 4.98 Å². The van der Waals surface area contributed by atoms with Crippen LogP contribution in [0.4, 0.5) is 0 Å². The molecule has 1 aromatic heterocycles. The van der Waals surface area contributed by atoms with Crippen LogP contribution in [0.25, 0.3) is 22.2 Å². The number of aromatic nitrogens is 1. The quantitative estimate of drug-likeness (QED) is 0.760. The lowest BCUT2D eigenvalue weighted by Crippen LogP contribution is -2.01. The standard InChI is InChI=1S/C18H13NO4/c1-10-6-7-14-12(8-10)13(18(22)23)9-15(19-14)11-4-2-3-5-16(20)17(11)21/h2-9H,1H3,(H,20,21)(H,22,23). The van der Waals surface area contributed by atoms with E-state index < -0.39 is 17.1 Å². The minimum atomic E-state index is -1.09. The van der Waals surface area contributed by atoms with Gasteiger partial charge in [-0.25, -0.2) is 9.78 Å². The van der Waals surface area contributed by atoms with E-state index in [9.17, 15) is 19.8 Å². The molecule has 0 saturated carbocycles. The number of aromatic hydroxyl groups is 1. The van der Waals surface area contributed by atoms with Gasteiger partial charge in [0.15, 0.2) is 5.75 Å². The van der Waals surface area contributed by atoms with Crippen LogP contribution in [-0.4, -0.2) is 21.2 Å². The molecule has 3 rings (SSSR count). The zero-order valence-corrected chi connectivity index (χ0v) is 12.3. The number of carboxylic acids is 1. The van der Waals surface area contributed by atoms with Gasteiger partial charge in [-0.3, -0.25) is 4.79 Å². The number of carboxylic acid groups (broad SMARTS) is 1. The van der Waals surface area contributed by atoms with E-state index in [1.807, 2.05) is 13.0 Å². The molecule has 5 nitrogen and oxygen atoms in total. The monoisotopic (exact) mass is 307 g/mol. The second-order valence-corrected chi connectivity index (χ2v) is 5.23. The van der Waals surface area contributed by atoms with E-state index in [1.54, 1.807) is 18.2 Å². The minimum Gasteiger partial charge on any atom is -0.504 e.